The zero-order chi connectivity index (χ0) is 15.5. The first-order valence-electron chi connectivity index (χ1n) is 7.36. The maximum atomic E-state index is 12.6. The molecule has 2 aliphatic rings. The zero-order valence-electron chi connectivity index (χ0n) is 12.0. The normalized spacial score (nSPS) is 23.6. The fraction of sp³-hybridized carbons (Fsp3) is 0.857. The van der Waals surface area contributed by atoms with Crippen LogP contribution >= 0.6 is 0 Å². The molecule has 0 spiro atoms. The van der Waals surface area contributed by atoms with E-state index >= 15 is 0 Å². The van der Waals surface area contributed by atoms with Crippen LogP contribution in [0.5, 0.6) is 0 Å². The molecule has 2 rings (SSSR count). The van der Waals surface area contributed by atoms with E-state index in [-0.39, 0.29) is 32.1 Å². The van der Waals surface area contributed by atoms with E-state index in [1.165, 1.54) is 4.90 Å². The van der Waals surface area contributed by atoms with Gasteiger partial charge in [0.1, 0.15) is 5.41 Å². The van der Waals surface area contributed by atoms with E-state index < -0.39 is 18.1 Å². The third-order valence-corrected chi connectivity index (χ3v) is 4.39. The predicted octanol–water partition coefficient (Wildman–Crippen LogP) is 2.17. The molecule has 0 atom stereocenters. The lowest BCUT2D eigenvalue weighted by molar-refractivity contribution is -0.154. The number of piperazine rings is 1. The molecule has 0 aromatic rings. The van der Waals surface area contributed by atoms with Crippen molar-refractivity contribution in [1.82, 2.24) is 9.80 Å². The average Bonchev–Trinajstić information content (AvgIpc) is 2.46. The standard InChI is InChI=1S/C14H20F3N3O/c15-14(16,17)11-19-6-8-20(9-7-19)12(21)13(10-18)4-2-1-3-5-13/h1-9,11H2. The van der Waals surface area contributed by atoms with Crippen molar-refractivity contribution in [2.24, 2.45) is 5.41 Å². The molecule has 1 amide bonds. The van der Waals surface area contributed by atoms with Crippen molar-refractivity contribution < 1.29 is 18.0 Å². The second kappa shape index (κ2) is 6.22. The Balaban J connectivity index is 1.92. The molecule has 0 radical (unpaired) electrons. The third kappa shape index (κ3) is 3.88. The molecule has 0 bridgehead atoms. The third-order valence-electron chi connectivity index (χ3n) is 4.39. The van der Waals surface area contributed by atoms with Gasteiger partial charge in [0, 0.05) is 26.2 Å². The molecule has 1 saturated carbocycles. The highest BCUT2D eigenvalue weighted by atomic mass is 19.4. The highest BCUT2D eigenvalue weighted by molar-refractivity contribution is 5.85. The number of hydrogen-bond donors (Lipinski definition) is 0. The number of hydrogen-bond acceptors (Lipinski definition) is 3. The van der Waals surface area contributed by atoms with Crippen LogP contribution in [0.1, 0.15) is 32.1 Å². The molecular formula is C14H20F3N3O. The molecule has 0 aromatic heterocycles. The van der Waals surface area contributed by atoms with Crippen LogP contribution < -0.4 is 0 Å². The Morgan fingerprint density at radius 2 is 1.67 bits per heavy atom. The number of carbonyl (C=O) groups excluding carboxylic acids is 1. The van der Waals surface area contributed by atoms with Crippen molar-refractivity contribution >= 4 is 5.91 Å². The van der Waals surface area contributed by atoms with Gasteiger partial charge in [-0.25, -0.2) is 0 Å². The highest BCUT2D eigenvalue weighted by Crippen LogP contribution is 2.37. The molecule has 1 aliphatic carbocycles. The Hall–Kier alpha value is -1.29. The molecule has 1 heterocycles. The Bertz CT molecular complexity index is 416. The molecule has 0 N–H and O–H groups in total. The monoisotopic (exact) mass is 303 g/mol. The van der Waals surface area contributed by atoms with Gasteiger partial charge >= 0.3 is 6.18 Å². The van der Waals surface area contributed by atoms with Crippen molar-refractivity contribution in [1.29, 1.82) is 5.26 Å². The Labute approximate surface area is 122 Å². The Kier molecular flexibility index (Phi) is 4.77. The lowest BCUT2D eigenvalue weighted by Gasteiger charge is -2.39. The molecule has 1 saturated heterocycles. The van der Waals surface area contributed by atoms with Crippen LogP contribution in [0.4, 0.5) is 13.2 Å². The molecule has 0 unspecified atom stereocenters. The molecule has 1 aliphatic heterocycles. The zero-order valence-corrected chi connectivity index (χ0v) is 12.0. The van der Waals surface area contributed by atoms with Gasteiger partial charge in [0.05, 0.1) is 12.6 Å². The summed E-state index contributed by atoms with van der Waals surface area (Å²) in [6, 6.07) is 2.18. The van der Waals surface area contributed by atoms with E-state index in [0.717, 1.165) is 19.3 Å². The lowest BCUT2D eigenvalue weighted by atomic mass is 9.74. The summed E-state index contributed by atoms with van der Waals surface area (Å²) in [6.45, 7) is 0.0502. The minimum atomic E-state index is -4.20. The van der Waals surface area contributed by atoms with E-state index in [1.807, 2.05) is 0 Å². The summed E-state index contributed by atoms with van der Waals surface area (Å²) in [5.41, 5.74) is -0.940. The van der Waals surface area contributed by atoms with Crippen LogP contribution in [-0.2, 0) is 4.79 Å². The second-order valence-electron chi connectivity index (χ2n) is 5.94. The van der Waals surface area contributed by atoms with Crippen LogP contribution in [0, 0.1) is 16.7 Å². The molecular weight excluding hydrogens is 283 g/mol. The average molecular weight is 303 g/mol. The van der Waals surface area contributed by atoms with E-state index in [1.54, 1.807) is 4.90 Å². The van der Waals surface area contributed by atoms with Gasteiger partial charge in [-0.3, -0.25) is 9.69 Å². The van der Waals surface area contributed by atoms with Gasteiger partial charge in [0.15, 0.2) is 0 Å². The topological polar surface area (TPSA) is 47.3 Å². The SMILES string of the molecule is N#CC1(C(=O)N2CCN(CC(F)(F)F)CC2)CCCCC1. The minimum Gasteiger partial charge on any atom is -0.339 e. The summed E-state index contributed by atoms with van der Waals surface area (Å²) < 4.78 is 37.0. The van der Waals surface area contributed by atoms with Gasteiger partial charge < -0.3 is 4.90 Å². The highest BCUT2D eigenvalue weighted by Gasteiger charge is 2.43. The van der Waals surface area contributed by atoms with Crippen LogP contribution in [-0.4, -0.2) is 54.6 Å². The van der Waals surface area contributed by atoms with Crippen molar-refractivity contribution in [3.63, 3.8) is 0 Å². The van der Waals surface area contributed by atoms with Crippen LogP contribution in [0.15, 0.2) is 0 Å². The summed E-state index contributed by atoms with van der Waals surface area (Å²) in [5, 5.41) is 9.39. The van der Waals surface area contributed by atoms with E-state index in [4.69, 9.17) is 0 Å². The number of amides is 1. The second-order valence-corrected chi connectivity index (χ2v) is 5.94. The van der Waals surface area contributed by atoms with Crippen molar-refractivity contribution in [2.75, 3.05) is 32.7 Å². The van der Waals surface area contributed by atoms with Gasteiger partial charge in [-0.15, -0.1) is 0 Å². The van der Waals surface area contributed by atoms with Gasteiger partial charge in [-0.2, -0.15) is 18.4 Å². The summed E-state index contributed by atoms with van der Waals surface area (Å²) in [4.78, 5) is 15.4. The Morgan fingerprint density at radius 1 is 1.10 bits per heavy atom. The number of halogens is 3. The van der Waals surface area contributed by atoms with Gasteiger partial charge in [0.2, 0.25) is 5.91 Å². The van der Waals surface area contributed by atoms with Gasteiger partial charge in [0.25, 0.3) is 0 Å². The van der Waals surface area contributed by atoms with Crippen molar-refractivity contribution in [2.45, 2.75) is 38.3 Å². The fourth-order valence-electron chi connectivity index (χ4n) is 3.19. The van der Waals surface area contributed by atoms with Crippen LogP contribution in [0.3, 0.4) is 0 Å². The lowest BCUT2D eigenvalue weighted by Crippen LogP contribution is -2.54. The smallest absolute Gasteiger partial charge is 0.339 e. The molecule has 4 nitrogen and oxygen atoms in total. The number of carbonyl (C=O) groups is 1. The number of nitrogens with zero attached hydrogens (tertiary/aromatic N) is 3. The van der Waals surface area contributed by atoms with Crippen molar-refractivity contribution in [3.05, 3.63) is 0 Å². The van der Waals surface area contributed by atoms with Crippen molar-refractivity contribution in [3.8, 4) is 6.07 Å². The minimum absolute atomic E-state index is 0.184. The number of nitriles is 1. The predicted molar refractivity (Wildman–Crippen MR) is 70.2 cm³/mol. The van der Waals surface area contributed by atoms with E-state index in [9.17, 15) is 23.2 Å². The van der Waals surface area contributed by atoms with Gasteiger partial charge in [-0.1, -0.05) is 19.3 Å². The Morgan fingerprint density at radius 3 is 2.14 bits per heavy atom. The molecule has 0 aromatic carbocycles. The van der Waals surface area contributed by atoms with E-state index in [2.05, 4.69) is 6.07 Å². The molecule has 2 fully saturated rings. The number of alkyl halides is 3. The number of rotatable bonds is 2. The van der Waals surface area contributed by atoms with Crippen LogP contribution in [0.2, 0.25) is 0 Å². The quantitative estimate of drug-likeness (QED) is 0.785. The summed E-state index contributed by atoms with van der Waals surface area (Å²) >= 11 is 0. The summed E-state index contributed by atoms with van der Waals surface area (Å²) in [5.74, 6) is -0.184. The molecule has 118 valence electrons. The van der Waals surface area contributed by atoms with E-state index in [0.29, 0.717) is 12.8 Å². The first kappa shape index (κ1) is 16.1. The maximum Gasteiger partial charge on any atom is 0.401 e. The first-order chi connectivity index (χ1) is 9.86. The maximum absolute atomic E-state index is 12.6. The van der Waals surface area contributed by atoms with Gasteiger partial charge in [-0.05, 0) is 12.8 Å². The van der Waals surface area contributed by atoms with Crippen LogP contribution in [0.25, 0.3) is 0 Å². The summed E-state index contributed by atoms with van der Waals surface area (Å²) in [6.07, 6.45) is -0.281. The largest absolute Gasteiger partial charge is 0.401 e. The fourth-order valence-corrected chi connectivity index (χ4v) is 3.19. The molecule has 21 heavy (non-hydrogen) atoms. The summed E-state index contributed by atoms with van der Waals surface area (Å²) in [7, 11) is 0. The first-order valence-corrected chi connectivity index (χ1v) is 7.36. The molecule has 7 heteroatoms.